The highest BCUT2D eigenvalue weighted by Gasteiger charge is 2.07. The fraction of sp³-hybridized carbons (Fsp3) is 0.348. The second-order valence-corrected chi connectivity index (χ2v) is 7.27. The quantitative estimate of drug-likeness (QED) is 0.284. The molecule has 7 heteroatoms. The molecule has 0 saturated heterocycles. The average molecular weight is 518 g/mol. The number of halogens is 1. The number of rotatable bonds is 7. The maximum Gasteiger partial charge on any atom is 0.191 e. The molecule has 30 heavy (non-hydrogen) atoms. The van der Waals surface area contributed by atoms with Crippen molar-refractivity contribution in [3.8, 4) is 0 Å². The van der Waals surface area contributed by atoms with Gasteiger partial charge in [-0.3, -0.25) is 0 Å². The smallest absolute Gasteiger partial charge is 0.191 e. The lowest BCUT2D eigenvalue weighted by Crippen LogP contribution is -2.38. The lowest BCUT2D eigenvalue weighted by atomic mass is 10.0. The molecule has 0 atom stereocenters. The molecule has 0 aliphatic rings. The number of aliphatic imine (C=N–C) groups is 1. The molecule has 0 bridgehead atoms. The summed E-state index contributed by atoms with van der Waals surface area (Å²) in [6.45, 7) is 8.29. The van der Waals surface area contributed by atoms with Gasteiger partial charge in [-0.2, -0.15) is 0 Å². The minimum Gasteiger partial charge on any atom is -0.356 e. The van der Waals surface area contributed by atoms with Crippen molar-refractivity contribution in [2.75, 3.05) is 6.54 Å². The zero-order chi connectivity index (χ0) is 20.6. The van der Waals surface area contributed by atoms with Crippen LogP contribution in [0.2, 0.25) is 0 Å². The van der Waals surface area contributed by atoms with Gasteiger partial charge in [0.1, 0.15) is 5.82 Å². The molecule has 1 heterocycles. The molecule has 2 aromatic carbocycles. The van der Waals surface area contributed by atoms with Crippen LogP contribution in [-0.4, -0.2) is 27.3 Å². The third-order valence-electron chi connectivity index (χ3n) is 5.17. The Morgan fingerprint density at radius 2 is 1.63 bits per heavy atom. The Bertz CT molecular complexity index is 945. The maximum atomic E-state index is 4.76. The highest BCUT2D eigenvalue weighted by molar-refractivity contribution is 14.0. The van der Waals surface area contributed by atoms with Crippen LogP contribution in [0.5, 0.6) is 0 Å². The molecule has 0 unspecified atom stereocenters. The van der Waals surface area contributed by atoms with Crippen molar-refractivity contribution in [3.63, 3.8) is 0 Å². The summed E-state index contributed by atoms with van der Waals surface area (Å²) in [7, 11) is 1.97. The van der Waals surface area contributed by atoms with Gasteiger partial charge >= 0.3 is 0 Å². The second-order valence-electron chi connectivity index (χ2n) is 7.27. The van der Waals surface area contributed by atoms with E-state index in [9.17, 15) is 0 Å². The molecule has 6 nitrogen and oxygen atoms in total. The summed E-state index contributed by atoms with van der Waals surface area (Å²) in [4.78, 5) is 4.76. The first-order valence-corrected chi connectivity index (χ1v) is 10.0. The Balaban J connectivity index is 0.00000320. The minimum absolute atomic E-state index is 0. The molecule has 0 aliphatic carbocycles. The molecule has 0 radical (unpaired) electrons. The molecule has 2 N–H and O–H groups in total. The molecular weight excluding hydrogens is 487 g/mol. The van der Waals surface area contributed by atoms with Gasteiger partial charge in [-0.1, -0.05) is 48.5 Å². The van der Waals surface area contributed by atoms with E-state index >= 15 is 0 Å². The summed E-state index contributed by atoms with van der Waals surface area (Å²) in [6.07, 6.45) is 0.952. The van der Waals surface area contributed by atoms with Gasteiger partial charge in [0.2, 0.25) is 0 Å². The number of aromatic nitrogens is 3. The van der Waals surface area contributed by atoms with Gasteiger partial charge in [-0.05, 0) is 49.4 Å². The van der Waals surface area contributed by atoms with Crippen LogP contribution >= 0.6 is 24.0 Å². The molecule has 0 spiro atoms. The number of nitrogens with one attached hydrogen (secondary N) is 2. The number of hydrogen-bond donors (Lipinski definition) is 2. The molecule has 1 aromatic heterocycles. The standard InChI is InChI=1S/C23H30N6.HI/c1-17-9-8-10-18(2)21(17)13-14-24-23(25-15-20-11-6-5-7-12-20)26-16-22-28-27-19(3)29(22)4;/h5-12H,13-16H2,1-4H3,(H2,24,25,26);1H. The summed E-state index contributed by atoms with van der Waals surface area (Å²) in [5.74, 6) is 2.56. The Morgan fingerprint density at radius 3 is 2.27 bits per heavy atom. The molecule has 0 aliphatic heterocycles. The number of nitrogens with zero attached hydrogens (tertiary/aromatic N) is 4. The van der Waals surface area contributed by atoms with Crippen molar-refractivity contribution >= 4 is 29.9 Å². The number of aryl methyl sites for hydroxylation is 3. The number of guanidine groups is 1. The maximum absolute atomic E-state index is 4.76. The predicted molar refractivity (Wildman–Crippen MR) is 133 cm³/mol. The summed E-state index contributed by atoms with van der Waals surface area (Å²) >= 11 is 0. The normalized spacial score (nSPS) is 11.1. The van der Waals surface area contributed by atoms with Crippen LogP contribution in [0.25, 0.3) is 0 Å². The third kappa shape index (κ3) is 6.55. The van der Waals surface area contributed by atoms with Crippen molar-refractivity contribution < 1.29 is 0 Å². The highest BCUT2D eigenvalue weighted by Crippen LogP contribution is 2.13. The van der Waals surface area contributed by atoms with Crippen molar-refractivity contribution in [1.29, 1.82) is 0 Å². The molecule has 3 aromatic rings. The van der Waals surface area contributed by atoms with Gasteiger partial charge < -0.3 is 15.2 Å². The first kappa shape index (κ1) is 23.9. The van der Waals surface area contributed by atoms with E-state index in [1.807, 2.05) is 36.7 Å². The monoisotopic (exact) mass is 518 g/mol. The first-order chi connectivity index (χ1) is 14.0. The highest BCUT2D eigenvalue weighted by atomic mass is 127. The van der Waals surface area contributed by atoms with E-state index in [1.165, 1.54) is 22.3 Å². The minimum atomic E-state index is 0. The van der Waals surface area contributed by atoms with Crippen molar-refractivity contribution in [1.82, 2.24) is 25.4 Å². The average Bonchev–Trinajstić information content (AvgIpc) is 3.04. The van der Waals surface area contributed by atoms with Crippen molar-refractivity contribution in [2.24, 2.45) is 12.0 Å². The SMILES string of the molecule is Cc1cccc(C)c1CCNC(=NCc1ccccc1)NCc1nnc(C)n1C.I. The molecule has 160 valence electrons. The second kappa shape index (κ2) is 11.7. The van der Waals surface area contributed by atoms with Crippen molar-refractivity contribution in [3.05, 3.63) is 82.4 Å². The molecule has 0 amide bonds. The van der Waals surface area contributed by atoms with E-state index in [0.29, 0.717) is 13.1 Å². The lowest BCUT2D eigenvalue weighted by Gasteiger charge is -2.14. The molecule has 3 rings (SSSR count). The van der Waals surface area contributed by atoms with Gasteiger partial charge in [-0.15, -0.1) is 34.2 Å². The van der Waals surface area contributed by atoms with E-state index in [4.69, 9.17) is 4.99 Å². The van der Waals surface area contributed by atoms with Crippen LogP contribution in [0.15, 0.2) is 53.5 Å². The summed E-state index contributed by atoms with van der Waals surface area (Å²) in [5.41, 5.74) is 5.23. The summed E-state index contributed by atoms with van der Waals surface area (Å²) in [6, 6.07) is 16.7. The Kier molecular flexibility index (Phi) is 9.29. The van der Waals surface area contributed by atoms with Crippen LogP contribution in [-0.2, 0) is 26.6 Å². The largest absolute Gasteiger partial charge is 0.356 e. The van der Waals surface area contributed by atoms with Crippen molar-refractivity contribution in [2.45, 2.75) is 40.3 Å². The van der Waals surface area contributed by atoms with Crippen LogP contribution in [0.3, 0.4) is 0 Å². The molecule has 0 saturated carbocycles. The Labute approximate surface area is 196 Å². The lowest BCUT2D eigenvalue weighted by molar-refractivity contribution is 0.712. The van der Waals surface area contributed by atoms with Crippen LogP contribution in [0.4, 0.5) is 0 Å². The van der Waals surface area contributed by atoms with E-state index < -0.39 is 0 Å². The first-order valence-electron chi connectivity index (χ1n) is 10.0. The van der Waals surface area contributed by atoms with Crippen LogP contribution in [0, 0.1) is 20.8 Å². The van der Waals surface area contributed by atoms with Gasteiger partial charge in [0.05, 0.1) is 13.1 Å². The van der Waals surface area contributed by atoms with Crippen LogP contribution < -0.4 is 10.6 Å². The number of benzene rings is 2. The van der Waals surface area contributed by atoms with E-state index in [2.05, 4.69) is 65.0 Å². The summed E-state index contributed by atoms with van der Waals surface area (Å²) < 4.78 is 1.98. The Morgan fingerprint density at radius 1 is 0.933 bits per heavy atom. The topological polar surface area (TPSA) is 67.1 Å². The van der Waals surface area contributed by atoms with E-state index in [1.54, 1.807) is 0 Å². The zero-order valence-electron chi connectivity index (χ0n) is 18.1. The van der Waals surface area contributed by atoms with Gasteiger partial charge in [0.15, 0.2) is 11.8 Å². The van der Waals surface area contributed by atoms with Crippen LogP contribution in [0.1, 0.15) is 33.9 Å². The summed E-state index contributed by atoms with van der Waals surface area (Å²) in [5, 5.41) is 15.2. The molecule has 0 fully saturated rings. The zero-order valence-corrected chi connectivity index (χ0v) is 20.5. The third-order valence-corrected chi connectivity index (χ3v) is 5.17. The van der Waals surface area contributed by atoms with Gasteiger partial charge in [-0.25, -0.2) is 4.99 Å². The number of hydrogen-bond acceptors (Lipinski definition) is 3. The van der Waals surface area contributed by atoms with E-state index in [0.717, 1.165) is 30.6 Å². The fourth-order valence-corrected chi connectivity index (χ4v) is 3.25. The predicted octanol–water partition coefficient (Wildman–Crippen LogP) is 3.84. The Hall–Kier alpha value is -2.42. The van der Waals surface area contributed by atoms with E-state index in [-0.39, 0.29) is 24.0 Å². The van der Waals surface area contributed by atoms with Gasteiger partial charge in [0.25, 0.3) is 0 Å². The van der Waals surface area contributed by atoms with Gasteiger partial charge in [0, 0.05) is 13.6 Å². The molecular formula is C23H31IN6. The fourth-order valence-electron chi connectivity index (χ4n) is 3.25.